The summed E-state index contributed by atoms with van der Waals surface area (Å²) in [6, 6.07) is 7.64. The predicted octanol–water partition coefficient (Wildman–Crippen LogP) is 2.01. The van der Waals surface area contributed by atoms with Crippen molar-refractivity contribution in [2.45, 2.75) is 45.9 Å². The minimum Gasteiger partial charge on any atom is -0.467 e. The number of carbonyl (C=O) groups excluding carboxylic acids is 3. The van der Waals surface area contributed by atoms with Gasteiger partial charge in [0.25, 0.3) is 0 Å². The number of hydrogen-bond acceptors (Lipinski definition) is 5. The van der Waals surface area contributed by atoms with Gasteiger partial charge < -0.3 is 20.1 Å². The van der Waals surface area contributed by atoms with Crippen LogP contribution < -0.4 is 10.6 Å². The Kier molecular flexibility index (Phi) is 8.46. The van der Waals surface area contributed by atoms with E-state index in [1.54, 1.807) is 0 Å². The van der Waals surface area contributed by atoms with Crippen molar-refractivity contribution in [2.75, 3.05) is 7.11 Å². The van der Waals surface area contributed by atoms with Gasteiger partial charge in [0, 0.05) is 0 Å². The van der Waals surface area contributed by atoms with E-state index >= 15 is 0 Å². The Morgan fingerprint density at radius 2 is 1.72 bits per heavy atom. The summed E-state index contributed by atoms with van der Waals surface area (Å²) in [5.41, 5.74) is 0.849. The van der Waals surface area contributed by atoms with Crippen molar-refractivity contribution in [3.8, 4) is 0 Å². The number of alkyl carbamates (subject to hydrolysis) is 1. The van der Waals surface area contributed by atoms with E-state index in [0.29, 0.717) is 6.42 Å². The molecule has 0 heterocycles. The lowest BCUT2D eigenvalue weighted by Gasteiger charge is -2.24. The Bertz CT molecular complexity index is 576. The van der Waals surface area contributed by atoms with Gasteiger partial charge in [0.05, 0.1) is 7.11 Å². The average Bonchev–Trinajstić information content (AvgIpc) is 2.63. The molecule has 1 aromatic rings. The summed E-state index contributed by atoms with van der Waals surface area (Å²) in [5.74, 6) is -1.14. The minimum absolute atomic E-state index is 0.111. The second-order valence-corrected chi connectivity index (χ2v) is 5.82. The van der Waals surface area contributed by atoms with Crippen molar-refractivity contribution in [2.24, 2.45) is 5.92 Å². The Labute approximate surface area is 148 Å². The molecule has 0 saturated carbocycles. The predicted molar refractivity (Wildman–Crippen MR) is 92.6 cm³/mol. The van der Waals surface area contributed by atoms with Crippen molar-refractivity contribution in [3.63, 3.8) is 0 Å². The maximum absolute atomic E-state index is 12.4. The molecule has 0 aliphatic rings. The van der Waals surface area contributed by atoms with Gasteiger partial charge in [0.1, 0.15) is 18.7 Å². The van der Waals surface area contributed by atoms with Gasteiger partial charge in [0.15, 0.2) is 0 Å². The molecule has 138 valence electrons. The van der Waals surface area contributed by atoms with E-state index in [1.807, 2.05) is 44.2 Å². The minimum atomic E-state index is -0.805. The van der Waals surface area contributed by atoms with Gasteiger partial charge in [-0.15, -0.1) is 0 Å². The molecule has 0 aliphatic heterocycles. The lowest BCUT2D eigenvalue weighted by Crippen LogP contribution is -2.53. The number of methoxy groups -OCH3 is 1. The van der Waals surface area contributed by atoms with Crippen LogP contribution in [0.4, 0.5) is 4.79 Å². The molecule has 2 N–H and O–H groups in total. The Morgan fingerprint density at radius 1 is 1.08 bits per heavy atom. The highest BCUT2D eigenvalue weighted by Crippen LogP contribution is 2.09. The first-order valence-electron chi connectivity index (χ1n) is 8.24. The van der Waals surface area contributed by atoms with Crippen molar-refractivity contribution in [1.29, 1.82) is 0 Å². The lowest BCUT2D eigenvalue weighted by molar-refractivity contribution is -0.144. The van der Waals surface area contributed by atoms with E-state index in [-0.39, 0.29) is 12.5 Å². The van der Waals surface area contributed by atoms with Gasteiger partial charge in [-0.25, -0.2) is 9.59 Å². The largest absolute Gasteiger partial charge is 0.467 e. The number of ether oxygens (including phenoxy) is 2. The van der Waals surface area contributed by atoms with Crippen LogP contribution in [0.2, 0.25) is 0 Å². The van der Waals surface area contributed by atoms with Crippen LogP contribution in [0.1, 0.15) is 32.8 Å². The monoisotopic (exact) mass is 350 g/mol. The summed E-state index contributed by atoms with van der Waals surface area (Å²) >= 11 is 0. The van der Waals surface area contributed by atoms with E-state index in [2.05, 4.69) is 15.4 Å². The van der Waals surface area contributed by atoms with Gasteiger partial charge >= 0.3 is 12.1 Å². The summed E-state index contributed by atoms with van der Waals surface area (Å²) in [7, 11) is 1.25. The summed E-state index contributed by atoms with van der Waals surface area (Å²) in [6.07, 6.45) is -0.0149. The third-order valence-corrected chi connectivity index (χ3v) is 3.90. The van der Waals surface area contributed by atoms with Crippen LogP contribution in [0.5, 0.6) is 0 Å². The number of esters is 1. The van der Waals surface area contributed by atoms with Crippen molar-refractivity contribution in [1.82, 2.24) is 10.6 Å². The van der Waals surface area contributed by atoms with Crippen LogP contribution in [-0.2, 0) is 25.7 Å². The number of rotatable bonds is 8. The van der Waals surface area contributed by atoms with Gasteiger partial charge in [-0.1, -0.05) is 50.6 Å². The molecule has 3 atom stereocenters. The highest BCUT2D eigenvalue weighted by atomic mass is 16.5. The fourth-order valence-corrected chi connectivity index (χ4v) is 2.13. The number of hydrogen-bond donors (Lipinski definition) is 2. The number of carbonyl (C=O) groups is 3. The number of benzene rings is 1. The molecule has 7 nitrogen and oxygen atoms in total. The highest BCUT2D eigenvalue weighted by Gasteiger charge is 2.29. The number of nitrogens with one attached hydrogen (secondary N) is 2. The zero-order valence-corrected chi connectivity index (χ0v) is 15.1. The molecule has 0 aliphatic carbocycles. The highest BCUT2D eigenvalue weighted by molar-refractivity contribution is 5.89. The van der Waals surface area contributed by atoms with E-state index in [0.717, 1.165) is 5.56 Å². The molecule has 0 aromatic heterocycles. The van der Waals surface area contributed by atoms with E-state index in [9.17, 15) is 14.4 Å². The summed E-state index contributed by atoms with van der Waals surface area (Å²) in [5, 5.41) is 5.12. The Balaban J connectivity index is 2.63. The molecule has 7 heteroatoms. The fraction of sp³-hybridized carbons (Fsp3) is 0.500. The van der Waals surface area contributed by atoms with Crippen molar-refractivity contribution < 1.29 is 23.9 Å². The zero-order chi connectivity index (χ0) is 18.8. The normalized spacial score (nSPS) is 13.9. The van der Waals surface area contributed by atoms with E-state index < -0.39 is 30.1 Å². The molecular weight excluding hydrogens is 324 g/mol. The quantitative estimate of drug-likeness (QED) is 0.700. The van der Waals surface area contributed by atoms with Crippen molar-refractivity contribution in [3.05, 3.63) is 35.9 Å². The van der Waals surface area contributed by atoms with Gasteiger partial charge in [-0.3, -0.25) is 4.79 Å². The van der Waals surface area contributed by atoms with Crippen LogP contribution in [0.25, 0.3) is 0 Å². The second-order valence-electron chi connectivity index (χ2n) is 5.82. The maximum Gasteiger partial charge on any atom is 0.408 e. The standard InChI is InChI=1S/C18H26N2O5/c1-5-12(2)15(16(21)19-13(3)17(22)24-4)20-18(23)25-11-14-9-7-6-8-10-14/h6-10,12-13,15H,5,11H2,1-4H3,(H,19,21)(H,20,23)/t12?,13-,15?/m0/s1. The molecule has 2 amide bonds. The van der Waals surface area contributed by atoms with Crippen LogP contribution >= 0.6 is 0 Å². The molecule has 0 radical (unpaired) electrons. The Hall–Kier alpha value is -2.57. The molecule has 1 rings (SSSR count). The zero-order valence-electron chi connectivity index (χ0n) is 15.1. The SMILES string of the molecule is CCC(C)C(NC(=O)OCc1ccccc1)C(=O)N[C@@H](C)C(=O)OC. The first-order chi connectivity index (χ1) is 11.9. The van der Waals surface area contributed by atoms with Gasteiger partial charge in [-0.05, 0) is 18.4 Å². The molecule has 0 fully saturated rings. The summed E-state index contributed by atoms with van der Waals surface area (Å²) in [4.78, 5) is 35.9. The molecule has 25 heavy (non-hydrogen) atoms. The fourth-order valence-electron chi connectivity index (χ4n) is 2.13. The summed E-state index contributed by atoms with van der Waals surface area (Å²) < 4.78 is 9.74. The second kappa shape index (κ2) is 10.3. The summed E-state index contributed by atoms with van der Waals surface area (Å²) in [6.45, 7) is 5.38. The smallest absolute Gasteiger partial charge is 0.408 e. The molecule has 0 bridgehead atoms. The maximum atomic E-state index is 12.4. The van der Waals surface area contributed by atoms with Crippen LogP contribution in [0, 0.1) is 5.92 Å². The van der Waals surface area contributed by atoms with Crippen molar-refractivity contribution >= 4 is 18.0 Å². The van der Waals surface area contributed by atoms with Crippen LogP contribution in [0.3, 0.4) is 0 Å². The molecule has 2 unspecified atom stereocenters. The molecule has 1 aromatic carbocycles. The number of amides is 2. The van der Waals surface area contributed by atoms with Gasteiger partial charge in [-0.2, -0.15) is 0 Å². The lowest BCUT2D eigenvalue weighted by atomic mass is 9.98. The van der Waals surface area contributed by atoms with E-state index in [1.165, 1.54) is 14.0 Å². The third kappa shape index (κ3) is 6.82. The van der Waals surface area contributed by atoms with Crippen LogP contribution in [0.15, 0.2) is 30.3 Å². The molecule has 0 spiro atoms. The Morgan fingerprint density at radius 3 is 2.28 bits per heavy atom. The molecule has 0 saturated heterocycles. The third-order valence-electron chi connectivity index (χ3n) is 3.90. The first kappa shape index (κ1) is 20.5. The van der Waals surface area contributed by atoms with E-state index in [4.69, 9.17) is 4.74 Å². The molecular formula is C18H26N2O5. The topological polar surface area (TPSA) is 93.7 Å². The average molecular weight is 350 g/mol. The first-order valence-corrected chi connectivity index (χ1v) is 8.24. The van der Waals surface area contributed by atoms with Gasteiger partial charge in [0.2, 0.25) is 5.91 Å². The van der Waals surface area contributed by atoms with Crippen LogP contribution in [-0.4, -0.2) is 37.2 Å².